The Bertz CT molecular complexity index is 482. The van der Waals surface area contributed by atoms with Crippen LogP contribution < -0.4 is 0 Å². The molecule has 0 spiro atoms. The van der Waals surface area contributed by atoms with E-state index in [0.717, 1.165) is 12.4 Å². The minimum absolute atomic E-state index is 1.14. The zero-order valence-corrected chi connectivity index (χ0v) is 8.45. The molecule has 0 amide bonds. The highest BCUT2D eigenvalue weighted by Crippen LogP contribution is 2.25. The van der Waals surface area contributed by atoms with Crippen LogP contribution in [0.1, 0.15) is 24.2 Å². The van der Waals surface area contributed by atoms with E-state index < -0.39 is 0 Å². The maximum Gasteiger partial charge on any atom is 0.106 e. The van der Waals surface area contributed by atoms with Crippen molar-refractivity contribution in [1.29, 1.82) is 0 Å². The first-order chi connectivity index (χ1) is 6.86. The van der Waals surface area contributed by atoms with Gasteiger partial charge in [-0.25, -0.2) is 4.98 Å². The van der Waals surface area contributed by atoms with Crippen molar-refractivity contribution in [2.75, 3.05) is 0 Å². The van der Waals surface area contributed by atoms with Gasteiger partial charge >= 0.3 is 0 Å². The van der Waals surface area contributed by atoms with Crippen molar-refractivity contribution in [1.82, 2.24) is 9.55 Å². The average Bonchev–Trinajstić information content (AvgIpc) is 2.39. The topological polar surface area (TPSA) is 17.8 Å². The molecule has 0 aliphatic carbocycles. The minimum atomic E-state index is 1.14. The van der Waals surface area contributed by atoms with Gasteiger partial charge in [0.15, 0.2) is 0 Å². The van der Waals surface area contributed by atoms with E-state index in [1.807, 2.05) is 0 Å². The zero-order chi connectivity index (χ0) is 9.54. The summed E-state index contributed by atoms with van der Waals surface area (Å²) >= 11 is 0. The number of aromatic nitrogens is 2. The first kappa shape index (κ1) is 8.04. The predicted octanol–water partition coefficient (Wildman–Crippen LogP) is 2.68. The molecular formula is C12H14N2. The first-order valence-electron chi connectivity index (χ1n) is 5.31. The number of imidazole rings is 1. The number of hydrogen-bond acceptors (Lipinski definition) is 1. The maximum absolute atomic E-state index is 4.59. The van der Waals surface area contributed by atoms with E-state index in [-0.39, 0.29) is 0 Å². The van der Waals surface area contributed by atoms with E-state index in [0.29, 0.717) is 0 Å². The lowest BCUT2D eigenvalue weighted by Crippen LogP contribution is -1.98. The van der Waals surface area contributed by atoms with E-state index in [2.05, 4.69) is 34.7 Å². The van der Waals surface area contributed by atoms with Crippen LogP contribution in [0, 0.1) is 6.92 Å². The van der Waals surface area contributed by atoms with E-state index in [1.165, 1.54) is 35.9 Å². The van der Waals surface area contributed by atoms with Crippen LogP contribution in [0.3, 0.4) is 0 Å². The highest BCUT2D eigenvalue weighted by Gasteiger charge is 2.13. The van der Waals surface area contributed by atoms with Gasteiger partial charge in [0.1, 0.15) is 5.82 Å². The Morgan fingerprint density at radius 1 is 1.29 bits per heavy atom. The fourth-order valence-corrected chi connectivity index (χ4v) is 2.44. The first-order valence-corrected chi connectivity index (χ1v) is 5.31. The maximum atomic E-state index is 4.59. The highest BCUT2D eigenvalue weighted by atomic mass is 15.1. The molecule has 1 aromatic carbocycles. The van der Waals surface area contributed by atoms with Gasteiger partial charge in [-0.05, 0) is 37.8 Å². The van der Waals surface area contributed by atoms with Crippen LogP contribution in [0.2, 0.25) is 0 Å². The van der Waals surface area contributed by atoms with Gasteiger partial charge in [0, 0.05) is 6.54 Å². The summed E-state index contributed by atoms with van der Waals surface area (Å²) in [7, 11) is 0. The van der Waals surface area contributed by atoms with Gasteiger partial charge in [0.25, 0.3) is 0 Å². The molecule has 0 N–H and O–H groups in total. The van der Waals surface area contributed by atoms with E-state index in [1.54, 1.807) is 0 Å². The van der Waals surface area contributed by atoms with Crippen LogP contribution in [0.15, 0.2) is 18.2 Å². The van der Waals surface area contributed by atoms with Crippen molar-refractivity contribution in [3.05, 3.63) is 29.6 Å². The number of benzene rings is 1. The average molecular weight is 186 g/mol. The second-order valence-corrected chi connectivity index (χ2v) is 4.05. The zero-order valence-electron chi connectivity index (χ0n) is 8.45. The van der Waals surface area contributed by atoms with Crippen molar-refractivity contribution in [2.45, 2.75) is 32.7 Å². The Hall–Kier alpha value is -1.31. The molecule has 1 aliphatic rings. The molecular weight excluding hydrogens is 172 g/mol. The largest absolute Gasteiger partial charge is 0.328 e. The summed E-state index contributed by atoms with van der Waals surface area (Å²) in [5, 5.41) is 0. The van der Waals surface area contributed by atoms with Crippen molar-refractivity contribution in [2.24, 2.45) is 0 Å². The van der Waals surface area contributed by atoms with Gasteiger partial charge < -0.3 is 4.57 Å². The van der Waals surface area contributed by atoms with Crippen molar-refractivity contribution in [3.63, 3.8) is 0 Å². The molecule has 0 saturated carbocycles. The standard InChI is InChI=1S/C12H14N2/c1-9-13-11-7-4-6-10-5-2-3-8-14(9)12(10)11/h4,6-7H,2-3,5,8H2,1H3. The molecule has 2 aromatic rings. The Kier molecular flexibility index (Phi) is 1.63. The number of aryl methyl sites for hydroxylation is 3. The number of nitrogens with zero attached hydrogens (tertiary/aromatic N) is 2. The van der Waals surface area contributed by atoms with Gasteiger partial charge in [-0.3, -0.25) is 0 Å². The van der Waals surface area contributed by atoms with Crippen LogP contribution in [0.4, 0.5) is 0 Å². The fourth-order valence-electron chi connectivity index (χ4n) is 2.44. The van der Waals surface area contributed by atoms with Crippen molar-refractivity contribution >= 4 is 11.0 Å². The molecule has 2 heteroatoms. The van der Waals surface area contributed by atoms with E-state index >= 15 is 0 Å². The molecule has 0 unspecified atom stereocenters. The monoisotopic (exact) mass is 186 g/mol. The fraction of sp³-hybridized carbons (Fsp3) is 0.417. The highest BCUT2D eigenvalue weighted by molar-refractivity contribution is 5.80. The molecule has 1 aliphatic heterocycles. The summed E-state index contributed by atoms with van der Waals surface area (Å²) in [6.45, 7) is 3.24. The van der Waals surface area contributed by atoms with Gasteiger partial charge in [0.2, 0.25) is 0 Å². The summed E-state index contributed by atoms with van der Waals surface area (Å²) < 4.78 is 2.37. The van der Waals surface area contributed by atoms with Gasteiger partial charge in [0.05, 0.1) is 11.0 Å². The quantitative estimate of drug-likeness (QED) is 0.618. The lowest BCUT2D eigenvalue weighted by molar-refractivity contribution is 0.627. The Morgan fingerprint density at radius 2 is 2.21 bits per heavy atom. The van der Waals surface area contributed by atoms with Gasteiger partial charge in [-0.1, -0.05) is 12.1 Å². The molecule has 0 saturated heterocycles. The minimum Gasteiger partial charge on any atom is -0.328 e. The van der Waals surface area contributed by atoms with Crippen LogP contribution in [-0.2, 0) is 13.0 Å². The lowest BCUT2D eigenvalue weighted by Gasteiger charge is -2.03. The molecule has 2 heterocycles. The molecule has 0 fully saturated rings. The third-order valence-corrected chi connectivity index (χ3v) is 3.12. The molecule has 14 heavy (non-hydrogen) atoms. The molecule has 72 valence electrons. The summed E-state index contributed by atoms with van der Waals surface area (Å²) in [6.07, 6.45) is 3.80. The smallest absolute Gasteiger partial charge is 0.106 e. The van der Waals surface area contributed by atoms with Crippen LogP contribution in [0.25, 0.3) is 11.0 Å². The van der Waals surface area contributed by atoms with Crippen molar-refractivity contribution < 1.29 is 0 Å². The second-order valence-electron chi connectivity index (χ2n) is 4.05. The molecule has 0 radical (unpaired) electrons. The lowest BCUT2D eigenvalue weighted by atomic mass is 10.1. The van der Waals surface area contributed by atoms with Gasteiger partial charge in [-0.15, -0.1) is 0 Å². The number of hydrogen-bond donors (Lipinski definition) is 0. The van der Waals surface area contributed by atoms with Gasteiger partial charge in [-0.2, -0.15) is 0 Å². The SMILES string of the molecule is Cc1nc2cccc3c2n1CCCC3. The third kappa shape index (κ3) is 0.999. The molecule has 0 atom stereocenters. The van der Waals surface area contributed by atoms with Crippen LogP contribution in [0.5, 0.6) is 0 Å². The second kappa shape index (κ2) is 2.84. The van der Waals surface area contributed by atoms with Crippen LogP contribution >= 0.6 is 0 Å². The number of rotatable bonds is 0. The molecule has 0 bridgehead atoms. The normalized spacial score (nSPS) is 15.8. The summed E-state index contributed by atoms with van der Waals surface area (Å²) in [5.41, 5.74) is 4.02. The molecule has 3 rings (SSSR count). The number of para-hydroxylation sites is 1. The van der Waals surface area contributed by atoms with Crippen molar-refractivity contribution in [3.8, 4) is 0 Å². The summed E-state index contributed by atoms with van der Waals surface area (Å²) in [6, 6.07) is 6.48. The molecule has 2 nitrogen and oxygen atoms in total. The Labute approximate surface area is 83.6 Å². The third-order valence-electron chi connectivity index (χ3n) is 3.12. The Balaban J connectivity index is 2.42. The predicted molar refractivity (Wildman–Crippen MR) is 57.4 cm³/mol. The summed E-state index contributed by atoms with van der Waals surface area (Å²) in [4.78, 5) is 4.59. The molecule has 1 aromatic heterocycles. The van der Waals surface area contributed by atoms with E-state index in [9.17, 15) is 0 Å². The Morgan fingerprint density at radius 3 is 3.14 bits per heavy atom. The summed E-state index contributed by atoms with van der Waals surface area (Å²) in [5.74, 6) is 1.16. The van der Waals surface area contributed by atoms with E-state index in [4.69, 9.17) is 0 Å². The van der Waals surface area contributed by atoms with Crippen LogP contribution in [-0.4, -0.2) is 9.55 Å².